The summed E-state index contributed by atoms with van der Waals surface area (Å²) in [5.74, 6) is 2.79. The van der Waals surface area contributed by atoms with Crippen LogP contribution < -0.4 is 0 Å². The SMILES string of the molecule is CCCc1cc(Cl)nc(CSCC)n1. The minimum absolute atomic E-state index is 0.565. The van der Waals surface area contributed by atoms with Crippen molar-refractivity contribution >= 4 is 23.4 Å². The van der Waals surface area contributed by atoms with Gasteiger partial charge in [0.2, 0.25) is 0 Å². The Morgan fingerprint density at radius 1 is 1.36 bits per heavy atom. The number of rotatable bonds is 5. The Kier molecular flexibility index (Phi) is 5.26. The van der Waals surface area contributed by atoms with Gasteiger partial charge in [0.25, 0.3) is 0 Å². The molecule has 0 amide bonds. The van der Waals surface area contributed by atoms with Crippen molar-refractivity contribution in [3.63, 3.8) is 0 Å². The van der Waals surface area contributed by atoms with Crippen LogP contribution in [0.5, 0.6) is 0 Å². The van der Waals surface area contributed by atoms with Crippen molar-refractivity contribution in [2.75, 3.05) is 5.75 Å². The van der Waals surface area contributed by atoms with Gasteiger partial charge >= 0.3 is 0 Å². The van der Waals surface area contributed by atoms with Gasteiger partial charge in [0, 0.05) is 5.69 Å². The van der Waals surface area contributed by atoms with Crippen LogP contribution >= 0.6 is 23.4 Å². The van der Waals surface area contributed by atoms with Gasteiger partial charge in [0.1, 0.15) is 11.0 Å². The molecule has 14 heavy (non-hydrogen) atoms. The highest BCUT2D eigenvalue weighted by Crippen LogP contribution is 2.13. The third-order valence-electron chi connectivity index (χ3n) is 1.74. The Labute approximate surface area is 94.5 Å². The van der Waals surface area contributed by atoms with Crippen molar-refractivity contribution in [1.29, 1.82) is 0 Å². The van der Waals surface area contributed by atoms with Gasteiger partial charge in [0.15, 0.2) is 0 Å². The zero-order valence-electron chi connectivity index (χ0n) is 8.59. The normalized spacial score (nSPS) is 10.5. The fourth-order valence-electron chi connectivity index (χ4n) is 1.16. The highest BCUT2D eigenvalue weighted by atomic mass is 35.5. The summed E-state index contributed by atoms with van der Waals surface area (Å²) in [6.07, 6.45) is 2.07. The van der Waals surface area contributed by atoms with Crippen LogP contribution in [-0.2, 0) is 12.2 Å². The largest absolute Gasteiger partial charge is 0.237 e. The Balaban J connectivity index is 2.73. The molecule has 2 nitrogen and oxygen atoms in total. The summed E-state index contributed by atoms with van der Waals surface area (Å²) in [6.45, 7) is 4.26. The lowest BCUT2D eigenvalue weighted by molar-refractivity contribution is 0.853. The van der Waals surface area contributed by atoms with E-state index in [0.717, 1.165) is 35.9 Å². The van der Waals surface area contributed by atoms with Crippen LogP contribution in [0, 0.1) is 0 Å². The van der Waals surface area contributed by atoms with E-state index < -0.39 is 0 Å². The molecular formula is C10H15ClN2S. The van der Waals surface area contributed by atoms with Crippen LogP contribution in [0.25, 0.3) is 0 Å². The minimum atomic E-state index is 0.565. The summed E-state index contributed by atoms with van der Waals surface area (Å²) in [4.78, 5) is 8.63. The molecule has 1 heterocycles. The molecule has 1 aromatic heterocycles. The molecule has 1 rings (SSSR count). The van der Waals surface area contributed by atoms with E-state index in [2.05, 4.69) is 23.8 Å². The Morgan fingerprint density at radius 3 is 2.79 bits per heavy atom. The van der Waals surface area contributed by atoms with E-state index in [1.807, 2.05) is 17.8 Å². The van der Waals surface area contributed by atoms with Crippen LogP contribution in [0.4, 0.5) is 0 Å². The molecule has 0 N–H and O–H groups in total. The highest BCUT2D eigenvalue weighted by Gasteiger charge is 2.02. The summed E-state index contributed by atoms with van der Waals surface area (Å²) >= 11 is 7.72. The molecule has 0 atom stereocenters. The van der Waals surface area contributed by atoms with Crippen LogP contribution in [0.1, 0.15) is 31.8 Å². The fourth-order valence-corrected chi connectivity index (χ4v) is 1.90. The molecule has 0 radical (unpaired) electrons. The second-order valence-corrected chi connectivity index (χ2v) is 4.65. The Bertz CT molecular complexity index is 291. The van der Waals surface area contributed by atoms with Crippen molar-refractivity contribution < 1.29 is 0 Å². The second-order valence-electron chi connectivity index (χ2n) is 2.99. The number of hydrogen-bond acceptors (Lipinski definition) is 3. The number of aromatic nitrogens is 2. The summed E-state index contributed by atoms with van der Waals surface area (Å²) < 4.78 is 0. The van der Waals surface area contributed by atoms with Gasteiger partial charge in [-0.1, -0.05) is 31.9 Å². The molecule has 0 aliphatic carbocycles. The van der Waals surface area contributed by atoms with E-state index in [9.17, 15) is 0 Å². The monoisotopic (exact) mass is 230 g/mol. The first-order valence-corrected chi connectivity index (χ1v) is 6.39. The van der Waals surface area contributed by atoms with Crippen molar-refractivity contribution in [3.05, 3.63) is 22.7 Å². The molecule has 1 aromatic rings. The van der Waals surface area contributed by atoms with Crippen molar-refractivity contribution in [3.8, 4) is 0 Å². The maximum atomic E-state index is 5.90. The lowest BCUT2D eigenvalue weighted by Gasteiger charge is -2.03. The molecular weight excluding hydrogens is 216 g/mol. The molecule has 0 aliphatic rings. The Morgan fingerprint density at radius 2 is 2.14 bits per heavy atom. The van der Waals surface area contributed by atoms with Crippen molar-refractivity contribution in [2.45, 2.75) is 32.4 Å². The zero-order chi connectivity index (χ0) is 10.4. The molecule has 0 saturated heterocycles. The number of aryl methyl sites for hydroxylation is 1. The van der Waals surface area contributed by atoms with Gasteiger partial charge in [-0.15, -0.1) is 0 Å². The quantitative estimate of drug-likeness (QED) is 0.726. The smallest absolute Gasteiger partial charge is 0.140 e. The summed E-state index contributed by atoms with van der Waals surface area (Å²) in [7, 11) is 0. The maximum Gasteiger partial charge on any atom is 0.140 e. The number of hydrogen-bond donors (Lipinski definition) is 0. The number of halogens is 1. The van der Waals surface area contributed by atoms with Crippen molar-refractivity contribution in [2.24, 2.45) is 0 Å². The van der Waals surface area contributed by atoms with Gasteiger partial charge in [-0.3, -0.25) is 0 Å². The molecule has 0 unspecified atom stereocenters. The third kappa shape index (κ3) is 3.84. The molecule has 0 aromatic carbocycles. The molecule has 78 valence electrons. The molecule has 0 fully saturated rings. The first-order valence-electron chi connectivity index (χ1n) is 4.86. The lowest BCUT2D eigenvalue weighted by Crippen LogP contribution is -1.98. The van der Waals surface area contributed by atoms with Gasteiger partial charge in [-0.2, -0.15) is 11.8 Å². The van der Waals surface area contributed by atoms with E-state index in [1.165, 1.54) is 0 Å². The van der Waals surface area contributed by atoms with E-state index in [1.54, 1.807) is 0 Å². The second kappa shape index (κ2) is 6.25. The predicted molar refractivity (Wildman–Crippen MR) is 62.9 cm³/mol. The van der Waals surface area contributed by atoms with Gasteiger partial charge in [0.05, 0.1) is 5.75 Å². The molecule has 0 spiro atoms. The first kappa shape index (κ1) is 11.8. The number of thioether (sulfide) groups is 1. The first-order chi connectivity index (χ1) is 6.76. The Hall–Kier alpha value is -0.280. The maximum absolute atomic E-state index is 5.90. The van der Waals surface area contributed by atoms with Crippen molar-refractivity contribution in [1.82, 2.24) is 9.97 Å². The third-order valence-corrected chi connectivity index (χ3v) is 2.80. The predicted octanol–water partition coefficient (Wildman–Crippen LogP) is 3.34. The standard InChI is InChI=1S/C10H15ClN2S/c1-3-5-8-6-9(11)13-10(12-8)7-14-4-2/h6H,3-5,7H2,1-2H3. The molecule has 0 aliphatic heterocycles. The molecule has 0 saturated carbocycles. The topological polar surface area (TPSA) is 25.8 Å². The van der Waals surface area contributed by atoms with Crippen LogP contribution in [0.3, 0.4) is 0 Å². The van der Waals surface area contributed by atoms with E-state index in [4.69, 9.17) is 11.6 Å². The van der Waals surface area contributed by atoms with Gasteiger partial charge in [-0.25, -0.2) is 9.97 Å². The van der Waals surface area contributed by atoms with Crippen LogP contribution in [0.15, 0.2) is 6.07 Å². The van der Waals surface area contributed by atoms with Crippen LogP contribution in [-0.4, -0.2) is 15.7 Å². The average Bonchev–Trinajstić information content (AvgIpc) is 2.14. The molecule has 0 bridgehead atoms. The summed E-state index contributed by atoms with van der Waals surface area (Å²) in [5.41, 5.74) is 1.05. The number of nitrogens with zero attached hydrogens (tertiary/aromatic N) is 2. The van der Waals surface area contributed by atoms with E-state index >= 15 is 0 Å². The fraction of sp³-hybridized carbons (Fsp3) is 0.600. The highest BCUT2D eigenvalue weighted by molar-refractivity contribution is 7.98. The minimum Gasteiger partial charge on any atom is -0.237 e. The molecule has 4 heteroatoms. The van der Waals surface area contributed by atoms with E-state index in [-0.39, 0.29) is 0 Å². The van der Waals surface area contributed by atoms with Gasteiger partial charge in [-0.05, 0) is 18.2 Å². The summed E-state index contributed by atoms with van der Waals surface area (Å²) in [5, 5.41) is 0.565. The summed E-state index contributed by atoms with van der Waals surface area (Å²) in [6, 6.07) is 1.85. The lowest BCUT2D eigenvalue weighted by atomic mass is 10.2. The van der Waals surface area contributed by atoms with Gasteiger partial charge < -0.3 is 0 Å². The van der Waals surface area contributed by atoms with E-state index in [0.29, 0.717) is 5.15 Å². The van der Waals surface area contributed by atoms with Crippen LogP contribution in [0.2, 0.25) is 5.15 Å². The zero-order valence-corrected chi connectivity index (χ0v) is 10.2. The average molecular weight is 231 g/mol.